The number of carbonyl (C=O) groups is 4. The fourth-order valence-corrected chi connectivity index (χ4v) is 4.42. The molecule has 11 nitrogen and oxygen atoms in total. The number of primary amides is 1. The number of carbonyl (C=O) groups excluding carboxylic acids is 4. The number of hydrogen-bond acceptors (Lipinski definition) is 5. The van der Waals surface area contributed by atoms with Crippen molar-refractivity contribution in [2.24, 2.45) is 5.73 Å². The number of amides is 5. The third-order valence-electron chi connectivity index (χ3n) is 6.75. The van der Waals surface area contributed by atoms with Gasteiger partial charge in [0, 0.05) is 24.7 Å². The summed E-state index contributed by atoms with van der Waals surface area (Å²) < 4.78 is 18.6. The van der Waals surface area contributed by atoms with Gasteiger partial charge in [0.2, 0.25) is 11.8 Å². The van der Waals surface area contributed by atoms with Gasteiger partial charge in [-0.3, -0.25) is 14.4 Å². The highest BCUT2D eigenvalue weighted by atomic mass is 19.1. The zero-order chi connectivity index (χ0) is 28.5. The summed E-state index contributed by atoms with van der Waals surface area (Å²) in [5.41, 5.74) is 6.65. The number of nitrogens with one attached hydrogen (secondary N) is 3. The number of hydrogen-bond donors (Lipinski definition) is 5. The van der Waals surface area contributed by atoms with Gasteiger partial charge in [0.15, 0.2) is 6.04 Å². The maximum atomic E-state index is 13.5. The van der Waals surface area contributed by atoms with Gasteiger partial charge in [0.05, 0.1) is 14.2 Å². The molecule has 0 aliphatic carbocycles. The molecule has 0 aromatic heterocycles. The van der Waals surface area contributed by atoms with Crippen LogP contribution in [0.15, 0.2) is 48.5 Å². The summed E-state index contributed by atoms with van der Waals surface area (Å²) in [6, 6.07) is 9.12. The van der Waals surface area contributed by atoms with E-state index >= 15 is 0 Å². The van der Waals surface area contributed by atoms with E-state index < -0.39 is 47.8 Å². The van der Waals surface area contributed by atoms with E-state index in [4.69, 9.17) is 10.5 Å². The van der Waals surface area contributed by atoms with Crippen molar-refractivity contribution < 1.29 is 33.6 Å². The highest BCUT2D eigenvalue weighted by molar-refractivity contribution is 5.93. The van der Waals surface area contributed by atoms with Gasteiger partial charge in [0.25, 0.3) is 5.91 Å². The molecule has 3 rings (SSSR count). The molecule has 4 atom stereocenters. The average Bonchev–Trinajstić information content (AvgIpc) is 2.92. The lowest BCUT2D eigenvalue weighted by Crippen LogP contribution is -2.88. The summed E-state index contributed by atoms with van der Waals surface area (Å²) in [6.07, 6.45) is 0.689. The molecule has 1 saturated heterocycles. The predicted molar refractivity (Wildman–Crippen MR) is 142 cm³/mol. The number of methoxy groups -OCH3 is 1. The van der Waals surface area contributed by atoms with E-state index in [2.05, 4.69) is 16.0 Å². The molecule has 12 heteroatoms. The first-order chi connectivity index (χ1) is 18.6. The van der Waals surface area contributed by atoms with E-state index in [1.165, 1.54) is 23.1 Å². The van der Waals surface area contributed by atoms with Crippen molar-refractivity contribution in [3.05, 3.63) is 59.9 Å². The Kier molecular flexibility index (Phi) is 10.2. The van der Waals surface area contributed by atoms with Gasteiger partial charge in [-0.1, -0.05) is 18.2 Å². The largest absolute Gasteiger partial charge is 0.497 e. The van der Waals surface area contributed by atoms with Crippen LogP contribution in [-0.4, -0.2) is 73.5 Å². The van der Waals surface area contributed by atoms with Crippen LogP contribution in [0.2, 0.25) is 0 Å². The van der Waals surface area contributed by atoms with Crippen LogP contribution >= 0.6 is 0 Å². The zero-order valence-corrected chi connectivity index (χ0v) is 22.3. The fraction of sp³-hybridized carbons (Fsp3) is 0.407. The van der Waals surface area contributed by atoms with Crippen molar-refractivity contribution in [1.82, 2.24) is 15.5 Å². The number of likely N-dealkylation sites (tertiary alicyclic amines) is 1. The highest BCUT2D eigenvalue weighted by Gasteiger charge is 2.39. The number of piperidine rings is 1. The van der Waals surface area contributed by atoms with E-state index in [0.717, 1.165) is 5.56 Å². The maximum absolute atomic E-state index is 13.5. The monoisotopic (exact) mass is 543 g/mol. The van der Waals surface area contributed by atoms with Crippen LogP contribution in [0.3, 0.4) is 0 Å². The molecule has 7 N–H and O–H groups in total. The molecule has 0 bridgehead atoms. The Morgan fingerprint density at radius 3 is 2.51 bits per heavy atom. The zero-order valence-electron chi connectivity index (χ0n) is 22.3. The number of urea groups is 1. The van der Waals surface area contributed by atoms with Gasteiger partial charge in [-0.2, -0.15) is 0 Å². The van der Waals surface area contributed by atoms with Crippen LogP contribution in [0.25, 0.3) is 0 Å². The summed E-state index contributed by atoms with van der Waals surface area (Å²) >= 11 is 0. The van der Waals surface area contributed by atoms with Crippen molar-refractivity contribution in [1.29, 1.82) is 0 Å². The average molecular weight is 544 g/mol. The molecule has 210 valence electrons. The first-order valence-electron chi connectivity index (χ1n) is 12.8. The number of rotatable bonds is 10. The van der Waals surface area contributed by atoms with E-state index in [1.54, 1.807) is 56.7 Å². The van der Waals surface area contributed by atoms with Crippen LogP contribution in [0.1, 0.15) is 25.3 Å². The van der Waals surface area contributed by atoms with Crippen molar-refractivity contribution in [3.63, 3.8) is 0 Å². The summed E-state index contributed by atoms with van der Waals surface area (Å²) in [7, 11) is 3.31. The van der Waals surface area contributed by atoms with Gasteiger partial charge in [-0.05, 0) is 55.7 Å². The van der Waals surface area contributed by atoms with Gasteiger partial charge < -0.3 is 36.6 Å². The Morgan fingerprint density at radius 1 is 1.18 bits per heavy atom. The lowest BCUT2D eigenvalue weighted by molar-refractivity contribution is -0.647. The molecule has 1 heterocycles. The molecule has 2 aromatic rings. The molecule has 0 unspecified atom stereocenters. The smallest absolute Gasteiger partial charge is 0.319 e. The minimum Gasteiger partial charge on any atom is -0.497 e. The SMILES string of the molecule is C[NH2+][C@@H](C)C(=O)N1CC[C@H](NC(=O)Nc2cccc(F)c2)C[C@H]1C(=O)N[C@@H](Cc1ccc(OC)cc1)C(N)=O. The third kappa shape index (κ3) is 8.14. The third-order valence-corrected chi connectivity index (χ3v) is 6.75. The highest BCUT2D eigenvalue weighted by Crippen LogP contribution is 2.20. The minimum absolute atomic E-state index is 0.124. The summed E-state index contributed by atoms with van der Waals surface area (Å²) in [6.45, 7) is 1.96. The van der Waals surface area contributed by atoms with Gasteiger partial charge in [-0.15, -0.1) is 0 Å². The molecule has 39 heavy (non-hydrogen) atoms. The standard InChI is InChI=1S/C27H35FN6O5/c1-16(30-2)26(37)34-12-11-20(32-27(38)31-19-6-4-5-18(28)14-19)15-23(34)25(36)33-22(24(29)35)13-17-7-9-21(39-3)10-8-17/h4-10,14,16,20,22-23,30H,11-13,15H2,1-3H3,(H2,29,35)(H,33,36)(H2,31,32,38)/p+1/t16-,20-,22-,23-/m0/s1. The Balaban J connectivity index is 1.73. The summed E-state index contributed by atoms with van der Waals surface area (Å²) in [4.78, 5) is 52.8. The molecule has 1 fully saturated rings. The fourth-order valence-electron chi connectivity index (χ4n) is 4.42. The number of anilines is 1. The molecule has 1 aliphatic rings. The molecule has 0 spiro atoms. The molecular formula is C27H36FN6O5+. The van der Waals surface area contributed by atoms with Crippen molar-refractivity contribution in [2.45, 2.75) is 50.4 Å². The van der Waals surface area contributed by atoms with Crippen molar-refractivity contribution in [3.8, 4) is 5.75 Å². The first kappa shape index (κ1) is 29.4. The Bertz CT molecular complexity index is 1180. The van der Waals surface area contributed by atoms with Crippen LogP contribution in [0, 0.1) is 5.82 Å². The van der Waals surface area contributed by atoms with Crippen LogP contribution in [0.4, 0.5) is 14.9 Å². The van der Waals surface area contributed by atoms with E-state index in [1.807, 2.05) is 0 Å². The molecule has 0 saturated carbocycles. The van der Waals surface area contributed by atoms with E-state index in [-0.39, 0.29) is 31.0 Å². The lowest BCUT2D eigenvalue weighted by Gasteiger charge is -2.39. The lowest BCUT2D eigenvalue weighted by atomic mass is 9.95. The summed E-state index contributed by atoms with van der Waals surface area (Å²) in [5, 5.41) is 9.82. The van der Waals surface area contributed by atoms with Crippen LogP contribution in [0.5, 0.6) is 5.75 Å². The second-order valence-electron chi connectivity index (χ2n) is 9.52. The van der Waals surface area contributed by atoms with E-state index in [0.29, 0.717) is 12.2 Å². The normalized spacial score (nSPS) is 18.4. The molecule has 0 radical (unpaired) electrons. The number of likely N-dealkylation sites (N-methyl/N-ethyl adjacent to an activating group) is 1. The Hall–Kier alpha value is -4.19. The molecule has 1 aliphatic heterocycles. The maximum Gasteiger partial charge on any atom is 0.319 e. The topological polar surface area (TPSA) is 159 Å². The van der Waals surface area contributed by atoms with Crippen LogP contribution in [-0.2, 0) is 20.8 Å². The molecule has 2 aromatic carbocycles. The van der Waals surface area contributed by atoms with Crippen molar-refractivity contribution in [2.75, 3.05) is 26.0 Å². The number of benzene rings is 2. The molecular weight excluding hydrogens is 507 g/mol. The number of ether oxygens (including phenoxy) is 1. The minimum atomic E-state index is -1.01. The number of halogens is 1. The quantitative estimate of drug-likeness (QED) is 0.287. The van der Waals surface area contributed by atoms with Crippen molar-refractivity contribution >= 4 is 29.4 Å². The van der Waals surface area contributed by atoms with Gasteiger partial charge in [-0.25, -0.2) is 9.18 Å². The first-order valence-corrected chi connectivity index (χ1v) is 12.8. The Labute approximate surface area is 226 Å². The Morgan fingerprint density at radius 2 is 1.90 bits per heavy atom. The number of quaternary nitrogens is 1. The van der Waals surface area contributed by atoms with E-state index in [9.17, 15) is 23.6 Å². The second-order valence-corrected chi connectivity index (χ2v) is 9.52. The number of nitrogens with zero attached hydrogens (tertiary/aromatic N) is 1. The molecule has 5 amide bonds. The second kappa shape index (κ2) is 13.6. The summed E-state index contributed by atoms with van der Waals surface area (Å²) in [5.74, 6) is -1.33. The van der Waals surface area contributed by atoms with Gasteiger partial charge in [0.1, 0.15) is 23.7 Å². The number of nitrogens with two attached hydrogens (primary N) is 2. The predicted octanol–water partition coefficient (Wildman–Crippen LogP) is 0.110. The van der Waals surface area contributed by atoms with Gasteiger partial charge >= 0.3 is 6.03 Å². The van der Waals surface area contributed by atoms with Crippen LogP contribution < -0.4 is 31.7 Å².